The predicted octanol–water partition coefficient (Wildman–Crippen LogP) is 2.14. The number of carbonyl (C=O) groups is 1. The molecule has 1 aromatic carbocycles. The fourth-order valence-electron chi connectivity index (χ4n) is 2.70. The number of rotatable bonds is 2. The lowest BCUT2D eigenvalue weighted by atomic mass is 10.1. The normalized spacial score (nSPS) is 21.2. The summed E-state index contributed by atoms with van der Waals surface area (Å²) in [6, 6.07) is 6.27. The van der Waals surface area contributed by atoms with Gasteiger partial charge in [-0.05, 0) is 30.2 Å². The SMILES string of the molecule is Cl.O=C(CC1COCCN1)N1CCc2cc(Br)ccc21. The molecule has 1 atom stereocenters. The lowest BCUT2D eigenvalue weighted by Crippen LogP contribution is -2.45. The summed E-state index contributed by atoms with van der Waals surface area (Å²) in [7, 11) is 0. The van der Waals surface area contributed by atoms with Gasteiger partial charge in [-0.2, -0.15) is 0 Å². The van der Waals surface area contributed by atoms with E-state index in [2.05, 4.69) is 27.3 Å². The van der Waals surface area contributed by atoms with Gasteiger partial charge in [-0.1, -0.05) is 15.9 Å². The molecule has 1 N–H and O–H groups in total. The van der Waals surface area contributed by atoms with Crippen molar-refractivity contribution in [2.24, 2.45) is 0 Å². The van der Waals surface area contributed by atoms with Crippen LogP contribution in [-0.4, -0.2) is 38.3 Å². The highest BCUT2D eigenvalue weighted by Crippen LogP contribution is 2.31. The van der Waals surface area contributed by atoms with Gasteiger partial charge >= 0.3 is 0 Å². The second kappa shape index (κ2) is 6.89. The molecule has 1 fully saturated rings. The van der Waals surface area contributed by atoms with Crippen LogP contribution in [0, 0.1) is 0 Å². The second-order valence-corrected chi connectivity index (χ2v) is 5.91. The van der Waals surface area contributed by atoms with Crippen LogP contribution >= 0.6 is 28.3 Å². The Morgan fingerprint density at radius 2 is 2.35 bits per heavy atom. The van der Waals surface area contributed by atoms with Crippen molar-refractivity contribution in [1.29, 1.82) is 0 Å². The van der Waals surface area contributed by atoms with Gasteiger partial charge in [-0.25, -0.2) is 0 Å². The zero-order valence-corrected chi connectivity index (χ0v) is 13.5. The first-order chi connectivity index (χ1) is 9.24. The fourth-order valence-corrected chi connectivity index (χ4v) is 3.11. The second-order valence-electron chi connectivity index (χ2n) is 5.00. The first-order valence-electron chi connectivity index (χ1n) is 6.64. The number of fused-ring (bicyclic) bond motifs is 1. The van der Waals surface area contributed by atoms with E-state index in [1.165, 1.54) is 5.56 Å². The van der Waals surface area contributed by atoms with E-state index in [1.54, 1.807) is 0 Å². The zero-order valence-electron chi connectivity index (χ0n) is 11.1. The van der Waals surface area contributed by atoms with Gasteiger partial charge < -0.3 is 15.0 Å². The number of carbonyl (C=O) groups excluding carboxylic acids is 1. The molecule has 2 aliphatic heterocycles. The molecule has 0 saturated carbocycles. The van der Waals surface area contributed by atoms with Crippen LogP contribution < -0.4 is 10.2 Å². The summed E-state index contributed by atoms with van der Waals surface area (Å²) < 4.78 is 6.46. The molecule has 0 bridgehead atoms. The van der Waals surface area contributed by atoms with Crippen molar-refractivity contribution in [3.8, 4) is 0 Å². The van der Waals surface area contributed by atoms with Gasteiger partial charge in [0.2, 0.25) is 5.91 Å². The molecule has 20 heavy (non-hydrogen) atoms. The smallest absolute Gasteiger partial charge is 0.228 e. The Balaban J connectivity index is 0.00000147. The van der Waals surface area contributed by atoms with Gasteiger partial charge in [0.25, 0.3) is 0 Å². The Labute approximate surface area is 133 Å². The Bertz CT molecular complexity index is 492. The highest BCUT2D eigenvalue weighted by Gasteiger charge is 2.27. The maximum atomic E-state index is 12.4. The van der Waals surface area contributed by atoms with E-state index >= 15 is 0 Å². The van der Waals surface area contributed by atoms with Crippen molar-refractivity contribution < 1.29 is 9.53 Å². The minimum atomic E-state index is 0. The molecule has 1 saturated heterocycles. The summed E-state index contributed by atoms with van der Waals surface area (Å²) in [4.78, 5) is 14.3. The van der Waals surface area contributed by atoms with Gasteiger partial charge in [0.1, 0.15) is 0 Å². The van der Waals surface area contributed by atoms with Crippen LogP contribution in [0.15, 0.2) is 22.7 Å². The Morgan fingerprint density at radius 1 is 1.50 bits per heavy atom. The van der Waals surface area contributed by atoms with Crippen molar-refractivity contribution in [3.05, 3.63) is 28.2 Å². The Kier molecular flexibility index (Phi) is 5.43. The number of morpholine rings is 1. The van der Waals surface area contributed by atoms with E-state index in [4.69, 9.17) is 4.74 Å². The molecule has 0 aliphatic carbocycles. The average molecular weight is 362 g/mol. The van der Waals surface area contributed by atoms with E-state index in [0.717, 1.165) is 36.3 Å². The molecule has 1 amide bonds. The number of nitrogens with one attached hydrogen (secondary N) is 1. The third kappa shape index (κ3) is 3.34. The number of hydrogen-bond acceptors (Lipinski definition) is 3. The molecular weight excluding hydrogens is 344 g/mol. The number of anilines is 1. The fraction of sp³-hybridized carbons (Fsp3) is 0.500. The third-order valence-electron chi connectivity index (χ3n) is 3.66. The molecule has 0 aromatic heterocycles. The summed E-state index contributed by atoms with van der Waals surface area (Å²) in [5.74, 6) is 0.184. The van der Waals surface area contributed by atoms with Crippen LogP contribution in [0.4, 0.5) is 5.69 Å². The lowest BCUT2D eigenvalue weighted by molar-refractivity contribution is -0.119. The quantitative estimate of drug-likeness (QED) is 0.877. The Morgan fingerprint density at radius 3 is 3.10 bits per heavy atom. The van der Waals surface area contributed by atoms with E-state index in [9.17, 15) is 4.79 Å². The van der Waals surface area contributed by atoms with Crippen LogP contribution in [0.3, 0.4) is 0 Å². The maximum Gasteiger partial charge on any atom is 0.228 e. The number of amides is 1. The van der Waals surface area contributed by atoms with E-state index < -0.39 is 0 Å². The molecule has 0 spiro atoms. The number of nitrogens with zero attached hydrogens (tertiary/aromatic N) is 1. The average Bonchev–Trinajstić information content (AvgIpc) is 2.82. The van der Waals surface area contributed by atoms with Crippen LogP contribution in [0.2, 0.25) is 0 Å². The number of ether oxygens (including phenoxy) is 1. The monoisotopic (exact) mass is 360 g/mol. The molecule has 4 nitrogen and oxygen atoms in total. The Hall–Kier alpha value is -0.620. The minimum absolute atomic E-state index is 0. The zero-order chi connectivity index (χ0) is 13.2. The third-order valence-corrected chi connectivity index (χ3v) is 4.15. The standard InChI is InChI=1S/C14H17BrN2O2.ClH/c15-11-1-2-13-10(7-11)3-5-17(13)14(18)8-12-9-19-6-4-16-12;/h1-2,7,12,16H,3-6,8-9H2;1H. The molecular formula is C14H18BrClN2O2. The summed E-state index contributed by atoms with van der Waals surface area (Å²) in [6.45, 7) is 3.00. The number of halogens is 2. The topological polar surface area (TPSA) is 41.6 Å². The largest absolute Gasteiger partial charge is 0.378 e. The molecule has 3 rings (SSSR count). The lowest BCUT2D eigenvalue weighted by Gasteiger charge is -2.25. The van der Waals surface area contributed by atoms with Gasteiger partial charge in [-0.15, -0.1) is 12.4 Å². The first kappa shape index (κ1) is 15.8. The summed E-state index contributed by atoms with van der Waals surface area (Å²) in [5.41, 5.74) is 2.31. The van der Waals surface area contributed by atoms with Crippen molar-refractivity contribution in [1.82, 2.24) is 5.32 Å². The van der Waals surface area contributed by atoms with Crippen molar-refractivity contribution in [3.63, 3.8) is 0 Å². The summed E-state index contributed by atoms with van der Waals surface area (Å²) in [6.07, 6.45) is 1.45. The first-order valence-corrected chi connectivity index (χ1v) is 7.43. The molecule has 2 heterocycles. The highest BCUT2D eigenvalue weighted by atomic mass is 79.9. The van der Waals surface area contributed by atoms with Gasteiger partial charge in [0.05, 0.1) is 13.2 Å². The van der Waals surface area contributed by atoms with E-state index in [0.29, 0.717) is 13.0 Å². The molecule has 1 aromatic rings. The van der Waals surface area contributed by atoms with Crippen LogP contribution in [-0.2, 0) is 16.0 Å². The van der Waals surface area contributed by atoms with Crippen LogP contribution in [0.5, 0.6) is 0 Å². The maximum absolute atomic E-state index is 12.4. The van der Waals surface area contributed by atoms with Crippen molar-refractivity contribution in [2.45, 2.75) is 18.9 Å². The molecule has 0 radical (unpaired) electrons. The molecule has 6 heteroatoms. The summed E-state index contributed by atoms with van der Waals surface area (Å²) >= 11 is 3.47. The van der Waals surface area contributed by atoms with Crippen molar-refractivity contribution >= 4 is 39.9 Å². The van der Waals surface area contributed by atoms with Gasteiger partial charge in [-0.3, -0.25) is 4.79 Å². The van der Waals surface area contributed by atoms with E-state index in [-0.39, 0.29) is 24.4 Å². The van der Waals surface area contributed by atoms with Crippen molar-refractivity contribution in [2.75, 3.05) is 31.2 Å². The van der Waals surface area contributed by atoms with Gasteiger partial charge in [0, 0.05) is 35.7 Å². The van der Waals surface area contributed by atoms with Gasteiger partial charge in [0.15, 0.2) is 0 Å². The minimum Gasteiger partial charge on any atom is -0.378 e. The summed E-state index contributed by atoms with van der Waals surface area (Å²) in [5, 5.41) is 3.33. The highest BCUT2D eigenvalue weighted by molar-refractivity contribution is 9.10. The van der Waals surface area contributed by atoms with Crippen LogP contribution in [0.25, 0.3) is 0 Å². The number of benzene rings is 1. The number of hydrogen-bond donors (Lipinski definition) is 1. The van der Waals surface area contributed by atoms with E-state index in [1.807, 2.05) is 17.0 Å². The van der Waals surface area contributed by atoms with Crippen LogP contribution in [0.1, 0.15) is 12.0 Å². The molecule has 1 unspecified atom stereocenters. The molecule has 2 aliphatic rings. The molecule has 110 valence electrons. The predicted molar refractivity (Wildman–Crippen MR) is 84.7 cm³/mol.